The third kappa shape index (κ3) is 5.74. The number of aryl methyl sites for hydroxylation is 1. The molecule has 2 amide bonds. The van der Waals surface area contributed by atoms with Crippen molar-refractivity contribution in [2.45, 2.75) is 39.8 Å². The van der Waals surface area contributed by atoms with Crippen LogP contribution in [0.5, 0.6) is 5.75 Å². The molecule has 136 valence electrons. The molecule has 2 unspecified atom stereocenters. The molecule has 0 aliphatic heterocycles. The van der Waals surface area contributed by atoms with E-state index in [1.54, 1.807) is 6.92 Å². The lowest BCUT2D eigenvalue weighted by molar-refractivity contribution is 0.213. The Morgan fingerprint density at radius 3 is 2.48 bits per heavy atom. The topological polar surface area (TPSA) is 89.3 Å². The minimum atomic E-state index is -0.383. The smallest absolute Gasteiger partial charge is 0.315 e. The minimum absolute atomic E-state index is 0.0800. The standard InChI is InChI=1S/C17H23FN4O3/c1-10(2)15(16-20-12(4)22-25-16)21-17(23)19-11(3)9-24-14-7-5-13(18)6-8-14/h5-8,10-11,15H,9H2,1-4H3,(H2,19,21,23). The Bertz CT molecular complexity index is 687. The molecule has 2 N–H and O–H groups in total. The fraction of sp³-hybridized carbons (Fsp3) is 0.471. The zero-order valence-corrected chi connectivity index (χ0v) is 14.7. The van der Waals surface area contributed by atoms with Gasteiger partial charge in [0, 0.05) is 0 Å². The lowest BCUT2D eigenvalue weighted by Gasteiger charge is -2.21. The molecule has 0 saturated carbocycles. The summed E-state index contributed by atoms with van der Waals surface area (Å²) in [5.41, 5.74) is 0. The van der Waals surface area contributed by atoms with Gasteiger partial charge in [0.1, 0.15) is 24.2 Å². The maximum atomic E-state index is 12.8. The Labute approximate surface area is 145 Å². The van der Waals surface area contributed by atoms with Gasteiger partial charge in [0.25, 0.3) is 0 Å². The van der Waals surface area contributed by atoms with Crippen molar-refractivity contribution in [3.05, 3.63) is 41.8 Å². The first-order valence-electron chi connectivity index (χ1n) is 8.10. The Balaban J connectivity index is 1.84. The fourth-order valence-electron chi connectivity index (χ4n) is 2.15. The van der Waals surface area contributed by atoms with E-state index in [2.05, 4.69) is 20.8 Å². The summed E-state index contributed by atoms with van der Waals surface area (Å²) in [5.74, 6) is 1.18. The molecule has 0 fully saturated rings. The summed E-state index contributed by atoms with van der Waals surface area (Å²) in [5, 5.41) is 9.37. The van der Waals surface area contributed by atoms with Crippen molar-refractivity contribution in [3.63, 3.8) is 0 Å². The van der Waals surface area contributed by atoms with Crippen LogP contribution >= 0.6 is 0 Å². The van der Waals surface area contributed by atoms with Gasteiger partial charge in [-0.2, -0.15) is 4.98 Å². The molecule has 0 spiro atoms. The number of carbonyl (C=O) groups is 1. The molecular formula is C17H23FN4O3. The quantitative estimate of drug-likeness (QED) is 0.801. The van der Waals surface area contributed by atoms with Crippen molar-refractivity contribution in [1.29, 1.82) is 0 Å². The van der Waals surface area contributed by atoms with Crippen LogP contribution in [0, 0.1) is 18.7 Å². The number of benzene rings is 1. The summed E-state index contributed by atoms with van der Waals surface area (Å²) < 4.78 is 23.5. The molecule has 2 rings (SSSR count). The summed E-state index contributed by atoms with van der Waals surface area (Å²) in [6, 6.07) is 4.72. The molecular weight excluding hydrogens is 327 g/mol. The van der Waals surface area contributed by atoms with Crippen LogP contribution < -0.4 is 15.4 Å². The van der Waals surface area contributed by atoms with Crippen LogP contribution in [-0.2, 0) is 0 Å². The van der Waals surface area contributed by atoms with Crippen LogP contribution in [0.1, 0.15) is 38.5 Å². The number of hydrogen-bond acceptors (Lipinski definition) is 5. The maximum absolute atomic E-state index is 12.8. The lowest BCUT2D eigenvalue weighted by Crippen LogP contribution is -2.45. The van der Waals surface area contributed by atoms with Crippen molar-refractivity contribution in [2.24, 2.45) is 5.92 Å². The number of nitrogens with one attached hydrogen (secondary N) is 2. The van der Waals surface area contributed by atoms with E-state index in [0.717, 1.165) is 0 Å². The molecule has 0 aliphatic carbocycles. The predicted molar refractivity (Wildman–Crippen MR) is 89.6 cm³/mol. The highest BCUT2D eigenvalue weighted by Crippen LogP contribution is 2.19. The zero-order chi connectivity index (χ0) is 18.4. The first-order chi connectivity index (χ1) is 11.8. The van der Waals surface area contributed by atoms with Gasteiger partial charge in [-0.1, -0.05) is 19.0 Å². The average molecular weight is 350 g/mol. The Kier molecular flexibility index (Phi) is 6.32. The molecule has 1 aromatic carbocycles. The summed E-state index contributed by atoms with van der Waals surface area (Å²) >= 11 is 0. The molecule has 2 aromatic rings. The van der Waals surface area contributed by atoms with E-state index >= 15 is 0 Å². The number of hydrogen-bond donors (Lipinski definition) is 2. The van der Waals surface area contributed by atoms with Crippen LogP contribution in [0.4, 0.5) is 9.18 Å². The van der Waals surface area contributed by atoms with Crippen LogP contribution in [0.2, 0.25) is 0 Å². The van der Waals surface area contributed by atoms with Gasteiger partial charge >= 0.3 is 6.03 Å². The molecule has 25 heavy (non-hydrogen) atoms. The molecule has 0 saturated heterocycles. The summed E-state index contributed by atoms with van der Waals surface area (Å²) in [7, 11) is 0. The summed E-state index contributed by atoms with van der Waals surface area (Å²) in [4.78, 5) is 16.4. The molecule has 7 nitrogen and oxygen atoms in total. The SMILES string of the molecule is Cc1noc(C(NC(=O)NC(C)COc2ccc(F)cc2)C(C)C)n1. The zero-order valence-electron chi connectivity index (χ0n) is 14.7. The number of rotatable bonds is 7. The van der Waals surface area contributed by atoms with Crippen molar-refractivity contribution < 1.29 is 18.4 Å². The fourth-order valence-corrected chi connectivity index (χ4v) is 2.15. The van der Waals surface area contributed by atoms with Gasteiger partial charge in [0.15, 0.2) is 5.82 Å². The number of urea groups is 1. The number of amides is 2. The number of halogens is 1. The molecule has 2 atom stereocenters. The highest BCUT2D eigenvalue weighted by atomic mass is 19.1. The van der Waals surface area contributed by atoms with Gasteiger partial charge in [0.2, 0.25) is 5.89 Å². The average Bonchev–Trinajstić information content (AvgIpc) is 2.98. The third-order valence-electron chi connectivity index (χ3n) is 3.45. The monoisotopic (exact) mass is 350 g/mol. The van der Waals surface area contributed by atoms with Gasteiger partial charge in [-0.3, -0.25) is 0 Å². The Morgan fingerprint density at radius 1 is 1.24 bits per heavy atom. The highest BCUT2D eigenvalue weighted by Gasteiger charge is 2.24. The van der Waals surface area contributed by atoms with Crippen molar-refractivity contribution >= 4 is 6.03 Å². The number of aromatic nitrogens is 2. The summed E-state index contributed by atoms with van der Waals surface area (Å²) in [6.45, 7) is 7.69. The minimum Gasteiger partial charge on any atom is -0.491 e. The second-order valence-electron chi connectivity index (χ2n) is 6.19. The Morgan fingerprint density at radius 2 is 1.92 bits per heavy atom. The first-order valence-corrected chi connectivity index (χ1v) is 8.10. The van der Waals surface area contributed by atoms with Crippen molar-refractivity contribution in [2.75, 3.05) is 6.61 Å². The van der Waals surface area contributed by atoms with E-state index in [9.17, 15) is 9.18 Å². The largest absolute Gasteiger partial charge is 0.491 e. The second kappa shape index (κ2) is 8.46. The van der Waals surface area contributed by atoms with E-state index in [0.29, 0.717) is 17.5 Å². The maximum Gasteiger partial charge on any atom is 0.315 e. The molecule has 0 radical (unpaired) electrons. The van der Waals surface area contributed by atoms with Crippen LogP contribution in [0.15, 0.2) is 28.8 Å². The normalized spacial score (nSPS) is 13.4. The van der Waals surface area contributed by atoms with E-state index in [1.807, 2.05) is 20.8 Å². The summed E-state index contributed by atoms with van der Waals surface area (Å²) in [6.07, 6.45) is 0. The van der Waals surface area contributed by atoms with Crippen LogP contribution in [0.25, 0.3) is 0 Å². The van der Waals surface area contributed by atoms with Gasteiger partial charge in [0.05, 0.1) is 6.04 Å². The van der Waals surface area contributed by atoms with E-state index < -0.39 is 0 Å². The number of ether oxygens (including phenoxy) is 1. The van der Waals surface area contributed by atoms with Gasteiger partial charge in [-0.05, 0) is 44.0 Å². The van der Waals surface area contributed by atoms with E-state index in [4.69, 9.17) is 9.26 Å². The van der Waals surface area contributed by atoms with Gasteiger partial charge in [-0.15, -0.1) is 0 Å². The van der Waals surface area contributed by atoms with Crippen LogP contribution in [-0.4, -0.2) is 28.8 Å². The van der Waals surface area contributed by atoms with E-state index in [1.165, 1.54) is 24.3 Å². The molecule has 0 aliphatic rings. The number of nitrogens with zero attached hydrogens (tertiary/aromatic N) is 2. The molecule has 0 bridgehead atoms. The predicted octanol–water partition coefficient (Wildman–Crippen LogP) is 2.98. The number of carbonyl (C=O) groups excluding carboxylic acids is 1. The molecule has 1 heterocycles. The van der Waals surface area contributed by atoms with Crippen molar-refractivity contribution in [1.82, 2.24) is 20.8 Å². The lowest BCUT2D eigenvalue weighted by atomic mass is 10.0. The van der Waals surface area contributed by atoms with Gasteiger partial charge in [-0.25, -0.2) is 9.18 Å². The second-order valence-corrected chi connectivity index (χ2v) is 6.19. The van der Waals surface area contributed by atoms with Crippen LogP contribution in [0.3, 0.4) is 0 Å². The van der Waals surface area contributed by atoms with E-state index in [-0.39, 0.29) is 36.5 Å². The third-order valence-corrected chi connectivity index (χ3v) is 3.45. The van der Waals surface area contributed by atoms with Crippen molar-refractivity contribution in [3.8, 4) is 5.75 Å². The van der Waals surface area contributed by atoms with Gasteiger partial charge < -0.3 is 19.9 Å². The Hall–Kier alpha value is -2.64. The first kappa shape index (κ1) is 18.7. The molecule has 8 heteroatoms. The molecule has 1 aromatic heterocycles. The highest BCUT2D eigenvalue weighted by molar-refractivity contribution is 5.74.